The molecule has 0 spiro atoms. The van der Waals surface area contributed by atoms with Crippen molar-refractivity contribution < 1.29 is 13.2 Å². The highest BCUT2D eigenvalue weighted by Gasteiger charge is 2.33. The zero-order valence-corrected chi connectivity index (χ0v) is 12.7. The molecular formula is C13H22F3N5. The van der Waals surface area contributed by atoms with Crippen molar-refractivity contribution in [3.05, 3.63) is 11.3 Å². The number of hydrogen-bond acceptors (Lipinski definition) is 4. The Morgan fingerprint density at radius 3 is 2.33 bits per heavy atom. The molecule has 5 nitrogen and oxygen atoms in total. The maximum Gasteiger partial charge on any atom is 0.401 e. The molecule has 2 rings (SSSR count). The van der Waals surface area contributed by atoms with E-state index in [0.29, 0.717) is 32.7 Å². The highest BCUT2D eigenvalue weighted by Crippen LogP contribution is 2.25. The van der Waals surface area contributed by atoms with Gasteiger partial charge in [-0.25, -0.2) is 0 Å². The molecule has 1 aromatic rings. The van der Waals surface area contributed by atoms with E-state index >= 15 is 0 Å². The van der Waals surface area contributed by atoms with Crippen molar-refractivity contribution in [2.45, 2.75) is 19.6 Å². The van der Waals surface area contributed by atoms with Crippen LogP contribution in [0.15, 0.2) is 0 Å². The number of alkyl halides is 3. The van der Waals surface area contributed by atoms with Gasteiger partial charge >= 0.3 is 6.18 Å². The molecule has 8 heteroatoms. The minimum Gasteiger partial charge on any atom is -0.354 e. The molecule has 1 fully saturated rings. The monoisotopic (exact) mass is 305 g/mol. The SMILES string of the molecule is CNCc1c(C)nn(C)c1N1CCN(CC(F)(F)F)CC1. The third-order valence-corrected chi connectivity index (χ3v) is 3.74. The van der Waals surface area contributed by atoms with Gasteiger partial charge in [-0.3, -0.25) is 9.58 Å². The predicted molar refractivity (Wildman–Crippen MR) is 75.4 cm³/mol. The van der Waals surface area contributed by atoms with Gasteiger partial charge in [0, 0.05) is 45.3 Å². The molecule has 1 aliphatic heterocycles. The van der Waals surface area contributed by atoms with Gasteiger partial charge in [0.1, 0.15) is 5.82 Å². The van der Waals surface area contributed by atoms with Crippen molar-refractivity contribution in [2.75, 3.05) is 44.7 Å². The van der Waals surface area contributed by atoms with Gasteiger partial charge in [0.25, 0.3) is 0 Å². The summed E-state index contributed by atoms with van der Waals surface area (Å²) in [4.78, 5) is 3.58. The predicted octanol–water partition coefficient (Wildman–Crippen LogP) is 1.13. The average molecular weight is 305 g/mol. The number of aryl methyl sites for hydroxylation is 2. The third kappa shape index (κ3) is 3.88. The van der Waals surface area contributed by atoms with Crippen molar-refractivity contribution in [1.82, 2.24) is 20.0 Å². The average Bonchev–Trinajstić information content (AvgIpc) is 2.64. The van der Waals surface area contributed by atoms with Crippen molar-refractivity contribution in [1.29, 1.82) is 0 Å². The lowest BCUT2D eigenvalue weighted by Gasteiger charge is -2.36. The molecule has 1 aliphatic rings. The molecule has 0 aromatic carbocycles. The molecule has 1 N–H and O–H groups in total. The third-order valence-electron chi connectivity index (χ3n) is 3.74. The maximum absolute atomic E-state index is 12.4. The van der Waals surface area contributed by atoms with Crippen LogP contribution in [0.25, 0.3) is 0 Å². The first-order chi connectivity index (χ1) is 9.81. The highest BCUT2D eigenvalue weighted by molar-refractivity contribution is 5.50. The topological polar surface area (TPSA) is 36.3 Å². The quantitative estimate of drug-likeness (QED) is 0.905. The first-order valence-corrected chi connectivity index (χ1v) is 7.03. The van der Waals surface area contributed by atoms with E-state index in [9.17, 15) is 13.2 Å². The summed E-state index contributed by atoms with van der Waals surface area (Å²) in [6.45, 7) is 3.85. The van der Waals surface area contributed by atoms with Gasteiger partial charge in [0.05, 0.1) is 12.2 Å². The molecule has 0 radical (unpaired) electrons. The number of aromatic nitrogens is 2. The molecular weight excluding hydrogens is 283 g/mol. The van der Waals surface area contributed by atoms with E-state index in [0.717, 1.165) is 17.1 Å². The number of nitrogens with zero attached hydrogens (tertiary/aromatic N) is 4. The van der Waals surface area contributed by atoms with Crippen LogP contribution in [-0.2, 0) is 13.6 Å². The second kappa shape index (κ2) is 6.23. The lowest BCUT2D eigenvalue weighted by molar-refractivity contribution is -0.146. The Morgan fingerprint density at radius 1 is 1.19 bits per heavy atom. The van der Waals surface area contributed by atoms with E-state index in [2.05, 4.69) is 15.3 Å². The summed E-state index contributed by atoms with van der Waals surface area (Å²) in [6, 6.07) is 0. The standard InChI is InChI=1S/C13H22F3N5/c1-10-11(8-17-2)12(19(3)18-10)21-6-4-20(5-7-21)9-13(14,15)16/h17H,4-9H2,1-3H3. The zero-order chi connectivity index (χ0) is 15.6. The number of rotatable bonds is 4. The molecule has 120 valence electrons. The fraction of sp³-hybridized carbons (Fsp3) is 0.769. The minimum atomic E-state index is -4.12. The molecule has 1 saturated heterocycles. The van der Waals surface area contributed by atoms with Crippen LogP contribution < -0.4 is 10.2 Å². The zero-order valence-electron chi connectivity index (χ0n) is 12.7. The highest BCUT2D eigenvalue weighted by atomic mass is 19.4. The molecule has 0 unspecified atom stereocenters. The van der Waals surface area contributed by atoms with E-state index in [-0.39, 0.29) is 0 Å². The Labute approximate surface area is 122 Å². The summed E-state index contributed by atoms with van der Waals surface area (Å²) in [5.74, 6) is 1.01. The summed E-state index contributed by atoms with van der Waals surface area (Å²) in [5.41, 5.74) is 2.07. The molecule has 21 heavy (non-hydrogen) atoms. The van der Waals surface area contributed by atoms with Crippen molar-refractivity contribution in [3.63, 3.8) is 0 Å². The van der Waals surface area contributed by atoms with Crippen molar-refractivity contribution in [3.8, 4) is 0 Å². The Hall–Kier alpha value is -1.28. The van der Waals surface area contributed by atoms with Crippen molar-refractivity contribution >= 4 is 5.82 Å². The van der Waals surface area contributed by atoms with Crippen LogP contribution in [0.1, 0.15) is 11.3 Å². The van der Waals surface area contributed by atoms with Gasteiger partial charge in [0.15, 0.2) is 0 Å². The molecule has 0 amide bonds. The summed E-state index contributed by atoms with van der Waals surface area (Å²) in [6.07, 6.45) is -4.12. The lowest BCUT2D eigenvalue weighted by atomic mass is 10.2. The first kappa shape index (κ1) is 16.1. The smallest absolute Gasteiger partial charge is 0.354 e. The molecule has 2 heterocycles. The van der Waals surface area contributed by atoms with E-state index < -0.39 is 12.7 Å². The number of hydrogen-bond donors (Lipinski definition) is 1. The number of piperazine rings is 1. The summed E-state index contributed by atoms with van der Waals surface area (Å²) < 4.78 is 39.1. The van der Waals surface area contributed by atoms with Crippen LogP contribution in [0.3, 0.4) is 0 Å². The second-order valence-corrected chi connectivity index (χ2v) is 5.42. The number of nitrogens with one attached hydrogen (secondary N) is 1. The van der Waals surface area contributed by atoms with Gasteiger partial charge in [-0.05, 0) is 14.0 Å². The molecule has 1 aromatic heterocycles. The van der Waals surface area contributed by atoms with Gasteiger partial charge in [-0.15, -0.1) is 0 Å². The Kier molecular flexibility index (Phi) is 4.77. The van der Waals surface area contributed by atoms with Gasteiger partial charge in [0.2, 0.25) is 0 Å². The van der Waals surface area contributed by atoms with Gasteiger partial charge in [-0.1, -0.05) is 0 Å². The molecule has 0 aliphatic carbocycles. The van der Waals surface area contributed by atoms with E-state index in [1.807, 2.05) is 25.7 Å². The van der Waals surface area contributed by atoms with Gasteiger partial charge < -0.3 is 10.2 Å². The normalized spacial score (nSPS) is 17.5. The van der Waals surface area contributed by atoms with Crippen LogP contribution >= 0.6 is 0 Å². The number of halogens is 3. The Balaban J connectivity index is 2.05. The van der Waals surface area contributed by atoms with Crippen LogP contribution in [0, 0.1) is 6.92 Å². The Bertz CT molecular complexity index is 475. The van der Waals surface area contributed by atoms with E-state index in [4.69, 9.17) is 0 Å². The van der Waals surface area contributed by atoms with E-state index in [1.54, 1.807) is 0 Å². The van der Waals surface area contributed by atoms with Crippen LogP contribution in [0.4, 0.5) is 19.0 Å². The van der Waals surface area contributed by atoms with Crippen LogP contribution in [0.5, 0.6) is 0 Å². The van der Waals surface area contributed by atoms with Gasteiger partial charge in [-0.2, -0.15) is 18.3 Å². The summed E-state index contributed by atoms with van der Waals surface area (Å²) in [5, 5.41) is 7.54. The fourth-order valence-corrected chi connectivity index (χ4v) is 2.84. The largest absolute Gasteiger partial charge is 0.401 e. The lowest BCUT2D eigenvalue weighted by Crippen LogP contribution is -2.49. The molecule has 0 saturated carbocycles. The summed E-state index contributed by atoms with van der Waals surface area (Å²) >= 11 is 0. The first-order valence-electron chi connectivity index (χ1n) is 7.03. The van der Waals surface area contributed by atoms with Crippen LogP contribution in [-0.4, -0.2) is 60.6 Å². The van der Waals surface area contributed by atoms with Crippen LogP contribution in [0.2, 0.25) is 0 Å². The minimum absolute atomic E-state index is 0.419. The molecule has 0 bridgehead atoms. The second-order valence-electron chi connectivity index (χ2n) is 5.42. The van der Waals surface area contributed by atoms with E-state index in [1.165, 1.54) is 4.90 Å². The molecule has 0 atom stereocenters. The maximum atomic E-state index is 12.4. The summed E-state index contributed by atoms with van der Waals surface area (Å²) in [7, 11) is 3.75. The fourth-order valence-electron chi connectivity index (χ4n) is 2.84. The number of anilines is 1. The Morgan fingerprint density at radius 2 is 1.81 bits per heavy atom. The van der Waals surface area contributed by atoms with Crippen molar-refractivity contribution in [2.24, 2.45) is 7.05 Å².